The molecule has 1 aliphatic rings. The number of non-ortho nitro benzene ring substituents is 1. The first-order valence-corrected chi connectivity index (χ1v) is 9.71. The molecule has 0 spiro atoms. The molecule has 7 nitrogen and oxygen atoms in total. The molecule has 0 N–H and O–H groups in total. The molecule has 0 aliphatic carbocycles. The summed E-state index contributed by atoms with van der Waals surface area (Å²) >= 11 is 0. The van der Waals surface area contributed by atoms with E-state index in [-0.39, 0.29) is 17.4 Å². The van der Waals surface area contributed by atoms with Gasteiger partial charge in [0.25, 0.3) is 5.69 Å². The van der Waals surface area contributed by atoms with E-state index >= 15 is 0 Å². The summed E-state index contributed by atoms with van der Waals surface area (Å²) in [5.74, 6) is -0.294. The van der Waals surface area contributed by atoms with Crippen LogP contribution in [0.25, 0.3) is 0 Å². The first-order valence-electron chi connectivity index (χ1n) is 9.71. The lowest BCUT2D eigenvalue weighted by atomic mass is 9.90. The summed E-state index contributed by atoms with van der Waals surface area (Å²) in [6, 6.07) is 10.5. The van der Waals surface area contributed by atoms with Crippen molar-refractivity contribution in [3.63, 3.8) is 0 Å². The molecule has 0 radical (unpaired) electrons. The Kier molecular flexibility index (Phi) is 6.67. The fraction of sp³-hybridized carbons (Fsp3) is 0.381. The molecule has 0 fully saturated rings. The van der Waals surface area contributed by atoms with Gasteiger partial charge in [-0.25, -0.2) is 0 Å². The molecule has 10 heteroatoms. The SMILES string of the molecule is CCC1CCN(Cc2ccc([N+](=O)[O-])cc2)N=C1c1ccc(OC(F)(F)F)c(OC)c1. The van der Waals surface area contributed by atoms with Crippen LogP contribution in [0.5, 0.6) is 11.5 Å². The van der Waals surface area contributed by atoms with Gasteiger partial charge in [0.15, 0.2) is 11.5 Å². The van der Waals surface area contributed by atoms with Crippen molar-refractivity contribution in [2.75, 3.05) is 13.7 Å². The van der Waals surface area contributed by atoms with Crippen LogP contribution in [0, 0.1) is 16.0 Å². The zero-order valence-electron chi connectivity index (χ0n) is 17.1. The first-order chi connectivity index (χ1) is 14.7. The van der Waals surface area contributed by atoms with Crippen LogP contribution < -0.4 is 9.47 Å². The molecule has 0 bridgehead atoms. The minimum atomic E-state index is -4.81. The lowest BCUT2D eigenvalue weighted by Gasteiger charge is -2.31. The largest absolute Gasteiger partial charge is 0.573 e. The lowest BCUT2D eigenvalue weighted by molar-refractivity contribution is -0.384. The van der Waals surface area contributed by atoms with Crippen molar-refractivity contribution in [1.82, 2.24) is 5.01 Å². The molecule has 1 aliphatic heterocycles. The van der Waals surface area contributed by atoms with E-state index in [1.807, 2.05) is 11.9 Å². The van der Waals surface area contributed by atoms with Gasteiger partial charge in [-0.3, -0.25) is 15.1 Å². The number of nitrogens with zero attached hydrogens (tertiary/aromatic N) is 3. The number of hydrogen-bond acceptors (Lipinski definition) is 6. The molecule has 1 heterocycles. The zero-order chi connectivity index (χ0) is 22.6. The van der Waals surface area contributed by atoms with Gasteiger partial charge in [-0.05, 0) is 36.6 Å². The predicted molar refractivity (Wildman–Crippen MR) is 108 cm³/mol. The summed E-state index contributed by atoms with van der Waals surface area (Å²) in [5, 5.41) is 17.4. The maximum absolute atomic E-state index is 12.6. The summed E-state index contributed by atoms with van der Waals surface area (Å²) in [6.45, 7) is 3.19. The van der Waals surface area contributed by atoms with Gasteiger partial charge >= 0.3 is 6.36 Å². The van der Waals surface area contributed by atoms with E-state index in [1.54, 1.807) is 18.2 Å². The van der Waals surface area contributed by atoms with E-state index in [2.05, 4.69) is 4.74 Å². The number of rotatable bonds is 7. The van der Waals surface area contributed by atoms with E-state index in [1.165, 1.54) is 31.4 Å². The number of hydrazone groups is 1. The highest BCUT2D eigenvalue weighted by atomic mass is 19.4. The Morgan fingerprint density at radius 2 is 1.90 bits per heavy atom. The fourth-order valence-corrected chi connectivity index (χ4v) is 3.50. The van der Waals surface area contributed by atoms with Crippen molar-refractivity contribution < 1.29 is 27.6 Å². The summed E-state index contributed by atoms with van der Waals surface area (Å²) in [7, 11) is 1.28. The van der Waals surface area contributed by atoms with E-state index in [9.17, 15) is 23.3 Å². The van der Waals surface area contributed by atoms with Crippen LogP contribution in [0.15, 0.2) is 47.6 Å². The molecular formula is C21H22F3N3O4. The average molecular weight is 437 g/mol. The van der Waals surface area contributed by atoms with Crippen LogP contribution in [-0.4, -0.2) is 35.7 Å². The molecule has 1 atom stereocenters. The minimum Gasteiger partial charge on any atom is -0.493 e. The van der Waals surface area contributed by atoms with Crippen molar-refractivity contribution in [1.29, 1.82) is 0 Å². The summed E-state index contributed by atoms with van der Waals surface area (Å²) in [5.41, 5.74) is 2.31. The van der Waals surface area contributed by atoms with Crippen LogP contribution >= 0.6 is 0 Å². The van der Waals surface area contributed by atoms with Crippen LogP contribution in [-0.2, 0) is 6.54 Å². The molecule has 0 saturated heterocycles. The normalized spacial score (nSPS) is 16.6. The first kappa shape index (κ1) is 22.4. The lowest BCUT2D eigenvalue weighted by Crippen LogP contribution is -2.32. The second-order valence-corrected chi connectivity index (χ2v) is 7.10. The van der Waals surface area contributed by atoms with Gasteiger partial charge in [0, 0.05) is 30.2 Å². The highest BCUT2D eigenvalue weighted by molar-refractivity contribution is 6.02. The van der Waals surface area contributed by atoms with Crippen molar-refractivity contribution >= 4 is 11.4 Å². The molecule has 0 aromatic heterocycles. The third-order valence-corrected chi connectivity index (χ3v) is 5.06. The molecule has 0 saturated carbocycles. The Balaban J connectivity index is 1.86. The highest BCUT2D eigenvalue weighted by Crippen LogP contribution is 2.34. The zero-order valence-corrected chi connectivity index (χ0v) is 17.1. The molecule has 0 amide bonds. The number of hydrogen-bond donors (Lipinski definition) is 0. The number of alkyl halides is 3. The number of benzene rings is 2. The summed E-state index contributed by atoms with van der Waals surface area (Å²) < 4.78 is 47.0. The van der Waals surface area contributed by atoms with Crippen LogP contribution in [0.2, 0.25) is 0 Å². The summed E-state index contributed by atoms with van der Waals surface area (Å²) in [6.07, 6.45) is -3.16. The predicted octanol–water partition coefficient (Wildman–Crippen LogP) is 5.14. The molecule has 31 heavy (non-hydrogen) atoms. The third-order valence-electron chi connectivity index (χ3n) is 5.06. The molecular weight excluding hydrogens is 415 g/mol. The van der Waals surface area contributed by atoms with Crippen molar-refractivity contribution in [3.05, 3.63) is 63.7 Å². The van der Waals surface area contributed by atoms with Crippen molar-refractivity contribution in [2.45, 2.75) is 32.7 Å². The molecule has 1 unspecified atom stereocenters. The van der Waals surface area contributed by atoms with Gasteiger partial charge in [-0.1, -0.05) is 19.1 Å². The Morgan fingerprint density at radius 1 is 1.19 bits per heavy atom. The van der Waals surface area contributed by atoms with Crippen molar-refractivity contribution in [2.24, 2.45) is 11.0 Å². The number of halogens is 3. The van der Waals surface area contributed by atoms with Gasteiger partial charge in [-0.15, -0.1) is 13.2 Å². The van der Waals surface area contributed by atoms with Crippen LogP contribution in [0.4, 0.5) is 18.9 Å². The number of methoxy groups -OCH3 is 1. The molecule has 3 rings (SSSR count). The average Bonchev–Trinajstić information content (AvgIpc) is 2.73. The highest BCUT2D eigenvalue weighted by Gasteiger charge is 2.33. The van der Waals surface area contributed by atoms with Gasteiger partial charge in [0.2, 0.25) is 0 Å². The van der Waals surface area contributed by atoms with E-state index in [0.717, 1.165) is 24.1 Å². The Bertz CT molecular complexity index is 961. The molecule has 2 aromatic rings. The number of nitro benzene ring substituents is 1. The van der Waals surface area contributed by atoms with E-state index < -0.39 is 17.0 Å². The van der Waals surface area contributed by atoms with E-state index in [0.29, 0.717) is 18.7 Å². The maximum atomic E-state index is 12.6. The van der Waals surface area contributed by atoms with Gasteiger partial charge in [0.1, 0.15) is 0 Å². The Labute approximate surface area is 177 Å². The van der Waals surface area contributed by atoms with Gasteiger partial charge < -0.3 is 9.47 Å². The second-order valence-electron chi connectivity index (χ2n) is 7.10. The smallest absolute Gasteiger partial charge is 0.493 e. The fourth-order valence-electron chi connectivity index (χ4n) is 3.50. The van der Waals surface area contributed by atoms with Gasteiger partial charge in [-0.2, -0.15) is 5.10 Å². The quantitative estimate of drug-likeness (QED) is 0.443. The molecule has 2 aromatic carbocycles. The standard InChI is InChI=1S/C21H22F3N3O4/c1-3-15-10-11-26(13-14-4-7-17(8-5-14)27(28)29)25-20(15)16-6-9-18(19(12-16)30-2)31-21(22,23)24/h4-9,12,15H,3,10-11,13H2,1-2H3. The third kappa shape index (κ3) is 5.65. The number of ether oxygens (including phenoxy) is 2. The Hall–Kier alpha value is -3.30. The summed E-state index contributed by atoms with van der Waals surface area (Å²) in [4.78, 5) is 10.4. The molecule has 166 valence electrons. The van der Waals surface area contributed by atoms with Crippen LogP contribution in [0.1, 0.15) is 30.9 Å². The van der Waals surface area contributed by atoms with Crippen molar-refractivity contribution in [3.8, 4) is 11.5 Å². The Morgan fingerprint density at radius 3 is 2.48 bits per heavy atom. The minimum absolute atomic E-state index is 0.0193. The van der Waals surface area contributed by atoms with Crippen LogP contribution in [0.3, 0.4) is 0 Å². The van der Waals surface area contributed by atoms with Gasteiger partial charge in [0.05, 0.1) is 24.3 Å². The van der Waals surface area contributed by atoms with E-state index in [4.69, 9.17) is 9.84 Å². The monoisotopic (exact) mass is 437 g/mol. The topological polar surface area (TPSA) is 77.2 Å². The number of nitro groups is 1. The maximum Gasteiger partial charge on any atom is 0.573 e. The second kappa shape index (κ2) is 9.23.